The van der Waals surface area contributed by atoms with Crippen LogP contribution in [0.4, 0.5) is 4.79 Å². The summed E-state index contributed by atoms with van der Waals surface area (Å²) in [6.07, 6.45) is 1.72. The number of hydrogen-bond acceptors (Lipinski definition) is 4. The van der Waals surface area contributed by atoms with Crippen LogP contribution in [0.5, 0.6) is 0 Å². The number of carbonyl (C=O) groups is 1. The Bertz CT molecular complexity index is 516. The van der Waals surface area contributed by atoms with Crippen LogP contribution in [0.3, 0.4) is 0 Å². The van der Waals surface area contributed by atoms with Gasteiger partial charge in [-0.15, -0.1) is 0 Å². The van der Waals surface area contributed by atoms with E-state index in [9.17, 15) is 4.79 Å². The third-order valence-corrected chi connectivity index (χ3v) is 5.30. The summed E-state index contributed by atoms with van der Waals surface area (Å²) in [7, 11) is 2.07. The molecule has 0 spiro atoms. The summed E-state index contributed by atoms with van der Waals surface area (Å²) < 4.78 is 5.42. The van der Waals surface area contributed by atoms with Crippen molar-refractivity contribution in [2.24, 2.45) is 16.8 Å². The predicted octanol–water partition coefficient (Wildman–Crippen LogP) is 3.16. The summed E-state index contributed by atoms with van der Waals surface area (Å²) in [5.41, 5.74) is -0.485. The third kappa shape index (κ3) is 10.2. The molecule has 29 heavy (non-hydrogen) atoms. The van der Waals surface area contributed by atoms with Crippen molar-refractivity contribution in [3.05, 3.63) is 0 Å². The van der Waals surface area contributed by atoms with E-state index in [2.05, 4.69) is 55.2 Å². The van der Waals surface area contributed by atoms with Crippen LogP contribution in [0.1, 0.15) is 61.3 Å². The molecule has 1 heterocycles. The monoisotopic (exact) mass is 411 g/mol. The summed E-state index contributed by atoms with van der Waals surface area (Å²) >= 11 is 0. The van der Waals surface area contributed by atoms with E-state index in [0.29, 0.717) is 11.8 Å². The molecule has 0 aromatic rings. The van der Waals surface area contributed by atoms with Crippen LogP contribution < -0.4 is 10.6 Å². The normalized spacial score (nSPS) is 19.3. The molecule has 7 nitrogen and oxygen atoms in total. The smallest absolute Gasteiger partial charge is 0.407 e. The lowest BCUT2D eigenvalue weighted by atomic mass is 10.0. The Morgan fingerprint density at radius 3 is 2.52 bits per heavy atom. The standard InChI is InChI=1S/C22H45N5O2/c1-9-23-20(24-15-18-11-14-27(10-2)16-18)26(8)13-12-19(17(3)4)25-21(28)29-22(5,6)7/h17-19H,9-16H2,1-8H3,(H,23,24)(H,25,28). The van der Waals surface area contributed by atoms with Gasteiger partial charge in [-0.3, -0.25) is 4.99 Å². The number of amides is 1. The molecule has 7 heteroatoms. The Hall–Kier alpha value is -1.50. The third-order valence-electron chi connectivity index (χ3n) is 5.30. The number of hydrogen-bond donors (Lipinski definition) is 2. The van der Waals surface area contributed by atoms with Crippen LogP contribution in [0, 0.1) is 11.8 Å². The van der Waals surface area contributed by atoms with Crippen molar-refractivity contribution in [3.63, 3.8) is 0 Å². The number of guanidine groups is 1. The van der Waals surface area contributed by atoms with Crippen LogP contribution in [0.2, 0.25) is 0 Å². The first kappa shape index (κ1) is 25.5. The maximum absolute atomic E-state index is 12.2. The Morgan fingerprint density at radius 2 is 2.00 bits per heavy atom. The largest absolute Gasteiger partial charge is 0.444 e. The Labute approximate surface area is 178 Å². The van der Waals surface area contributed by atoms with Gasteiger partial charge in [-0.1, -0.05) is 20.8 Å². The first-order valence-corrected chi connectivity index (χ1v) is 11.3. The average Bonchev–Trinajstić information content (AvgIpc) is 3.08. The molecule has 1 rings (SSSR count). The van der Waals surface area contributed by atoms with Crippen molar-refractivity contribution in [1.82, 2.24) is 20.4 Å². The van der Waals surface area contributed by atoms with E-state index < -0.39 is 5.60 Å². The zero-order valence-electron chi connectivity index (χ0n) is 20.0. The molecule has 0 aromatic carbocycles. The minimum absolute atomic E-state index is 0.0584. The Kier molecular flexibility index (Phi) is 10.8. The maximum Gasteiger partial charge on any atom is 0.407 e. The highest BCUT2D eigenvalue weighted by Crippen LogP contribution is 2.16. The van der Waals surface area contributed by atoms with E-state index in [0.717, 1.165) is 45.1 Å². The molecule has 1 saturated heterocycles. The second-order valence-electron chi connectivity index (χ2n) is 9.45. The number of carbonyl (C=O) groups excluding carboxylic acids is 1. The number of nitrogens with one attached hydrogen (secondary N) is 2. The van der Waals surface area contributed by atoms with Gasteiger partial charge in [0.15, 0.2) is 5.96 Å². The first-order valence-electron chi connectivity index (χ1n) is 11.3. The molecule has 0 radical (unpaired) electrons. The van der Waals surface area contributed by atoms with E-state index in [-0.39, 0.29) is 12.1 Å². The molecule has 170 valence electrons. The van der Waals surface area contributed by atoms with Crippen LogP contribution in [-0.4, -0.2) is 79.8 Å². The van der Waals surface area contributed by atoms with Crippen LogP contribution in [0.15, 0.2) is 4.99 Å². The van der Waals surface area contributed by atoms with Gasteiger partial charge >= 0.3 is 6.09 Å². The first-order chi connectivity index (χ1) is 13.6. The molecular weight excluding hydrogens is 366 g/mol. The van der Waals surface area contributed by atoms with Gasteiger partial charge in [0.2, 0.25) is 0 Å². The van der Waals surface area contributed by atoms with Crippen molar-refractivity contribution >= 4 is 12.1 Å². The van der Waals surface area contributed by atoms with Gasteiger partial charge in [0.1, 0.15) is 5.60 Å². The highest BCUT2D eigenvalue weighted by Gasteiger charge is 2.23. The summed E-state index contributed by atoms with van der Waals surface area (Å²) in [6.45, 7) is 20.2. The van der Waals surface area contributed by atoms with Gasteiger partial charge in [0, 0.05) is 39.3 Å². The van der Waals surface area contributed by atoms with Gasteiger partial charge in [-0.05, 0) is 65.5 Å². The van der Waals surface area contributed by atoms with E-state index >= 15 is 0 Å². The van der Waals surface area contributed by atoms with Gasteiger partial charge in [0.25, 0.3) is 0 Å². The second kappa shape index (κ2) is 12.3. The van der Waals surface area contributed by atoms with Gasteiger partial charge in [0.05, 0.1) is 0 Å². The molecule has 0 aliphatic carbocycles. The fourth-order valence-electron chi connectivity index (χ4n) is 3.50. The molecule has 1 aliphatic heterocycles. The predicted molar refractivity (Wildman–Crippen MR) is 121 cm³/mol. The van der Waals surface area contributed by atoms with Crippen molar-refractivity contribution in [2.75, 3.05) is 46.3 Å². The SMILES string of the molecule is CCNC(=NCC1CCN(CC)C1)N(C)CCC(NC(=O)OC(C)(C)C)C(C)C. The van der Waals surface area contributed by atoms with Crippen LogP contribution >= 0.6 is 0 Å². The maximum atomic E-state index is 12.2. The fraction of sp³-hybridized carbons (Fsp3) is 0.909. The zero-order valence-corrected chi connectivity index (χ0v) is 20.0. The number of ether oxygens (including phenoxy) is 1. The average molecular weight is 412 g/mol. The summed E-state index contributed by atoms with van der Waals surface area (Å²) in [4.78, 5) is 21.7. The Morgan fingerprint density at radius 1 is 1.31 bits per heavy atom. The molecule has 0 bridgehead atoms. The van der Waals surface area contributed by atoms with E-state index in [1.54, 1.807) is 0 Å². The zero-order chi connectivity index (χ0) is 22.0. The van der Waals surface area contributed by atoms with Crippen molar-refractivity contribution in [2.45, 2.75) is 73.0 Å². The summed E-state index contributed by atoms with van der Waals surface area (Å²) in [5, 5.41) is 6.44. The van der Waals surface area contributed by atoms with Gasteiger partial charge in [-0.25, -0.2) is 4.79 Å². The van der Waals surface area contributed by atoms with Gasteiger partial charge in [-0.2, -0.15) is 0 Å². The fourth-order valence-corrected chi connectivity index (χ4v) is 3.50. The molecular formula is C22H45N5O2. The molecule has 2 N–H and O–H groups in total. The lowest BCUT2D eigenvalue weighted by Gasteiger charge is -2.28. The van der Waals surface area contributed by atoms with Crippen molar-refractivity contribution < 1.29 is 9.53 Å². The molecule has 1 aliphatic rings. The lowest BCUT2D eigenvalue weighted by Crippen LogP contribution is -2.45. The summed E-state index contributed by atoms with van der Waals surface area (Å²) in [5.74, 6) is 1.92. The molecule has 0 aromatic heterocycles. The van der Waals surface area contributed by atoms with E-state index in [4.69, 9.17) is 9.73 Å². The van der Waals surface area contributed by atoms with Crippen LogP contribution in [0.25, 0.3) is 0 Å². The molecule has 2 atom stereocenters. The minimum atomic E-state index is -0.485. The number of alkyl carbamates (subject to hydrolysis) is 1. The van der Waals surface area contributed by atoms with Crippen molar-refractivity contribution in [3.8, 4) is 0 Å². The Balaban J connectivity index is 2.59. The quantitative estimate of drug-likeness (QED) is 0.450. The highest BCUT2D eigenvalue weighted by atomic mass is 16.6. The second-order valence-corrected chi connectivity index (χ2v) is 9.45. The lowest BCUT2D eigenvalue weighted by molar-refractivity contribution is 0.0486. The van der Waals surface area contributed by atoms with E-state index in [1.165, 1.54) is 13.0 Å². The molecule has 0 saturated carbocycles. The molecule has 1 amide bonds. The topological polar surface area (TPSA) is 69.2 Å². The minimum Gasteiger partial charge on any atom is -0.444 e. The number of likely N-dealkylation sites (tertiary alicyclic amines) is 1. The highest BCUT2D eigenvalue weighted by molar-refractivity contribution is 5.79. The molecule has 1 fully saturated rings. The number of aliphatic imine (C=N–C) groups is 1. The number of nitrogens with zero attached hydrogens (tertiary/aromatic N) is 3. The van der Waals surface area contributed by atoms with Crippen molar-refractivity contribution in [1.29, 1.82) is 0 Å². The van der Waals surface area contributed by atoms with E-state index in [1.807, 2.05) is 20.8 Å². The molecule has 2 unspecified atom stereocenters. The van der Waals surface area contributed by atoms with Crippen LogP contribution in [-0.2, 0) is 4.74 Å². The summed E-state index contributed by atoms with van der Waals surface area (Å²) in [6, 6.07) is 0.0584. The van der Waals surface area contributed by atoms with Gasteiger partial charge < -0.3 is 25.2 Å². The number of rotatable bonds is 9.